The van der Waals surface area contributed by atoms with Crippen LogP contribution in [0.1, 0.15) is 36.6 Å². The van der Waals surface area contributed by atoms with Crippen LogP contribution in [0.3, 0.4) is 0 Å². The Balaban J connectivity index is 0.000000253. The molecule has 0 amide bonds. The van der Waals surface area contributed by atoms with Gasteiger partial charge >= 0.3 is 19.1 Å². The molecule has 0 aliphatic rings. The Morgan fingerprint density at radius 1 is 0.661 bits per heavy atom. The van der Waals surface area contributed by atoms with Gasteiger partial charge in [0.1, 0.15) is 24.7 Å². The molecule has 12 nitrogen and oxygen atoms in total. The molecule has 4 aromatic carbocycles. The first-order valence-corrected chi connectivity index (χ1v) is 19.1. The molecule has 14 heteroatoms. The summed E-state index contributed by atoms with van der Waals surface area (Å²) in [6.07, 6.45) is 3.52. The van der Waals surface area contributed by atoms with E-state index in [1.807, 2.05) is 110 Å². The van der Waals surface area contributed by atoms with Gasteiger partial charge in [0.2, 0.25) is 11.8 Å². The molecule has 0 saturated carbocycles. The number of methoxy groups -OCH3 is 2. The van der Waals surface area contributed by atoms with Crippen LogP contribution in [0.25, 0.3) is 11.1 Å². The third-order valence-electron chi connectivity index (χ3n) is 8.02. The van der Waals surface area contributed by atoms with E-state index in [0.717, 1.165) is 44.9 Å². The van der Waals surface area contributed by atoms with Gasteiger partial charge in [-0.2, -0.15) is 0 Å². The van der Waals surface area contributed by atoms with E-state index in [4.69, 9.17) is 38.8 Å². The first-order chi connectivity index (χ1) is 28.1. The molecule has 0 aliphatic carbocycles. The van der Waals surface area contributed by atoms with E-state index in [1.54, 1.807) is 25.4 Å². The molecule has 0 spiro atoms. The highest BCUT2D eigenvalue weighted by molar-refractivity contribution is 14.1. The molecule has 0 saturated heterocycles. The predicted molar refractivity (Wildman–Crippen MR) is 236 cm³/mol. The predicted octanol–water partition coefficient (Wildman–Crippen LogP) is 7.35. The Kier molecular flexibility index (Phi) is 20.4. The number of aliphatic carboxylic acids is 1. The third-order valence-corrected chi connectivity index (χ3v) is 8.74. The summed E-state index contributed by atoms with van der Waals surface area (Å²) in [5.41, 5.74) is 5.86. The number of carbonyl (C=O) groups excluding carboxylic acids is 1. The number of carboxylic acid groups (broad SMARTS) is 1. The summed E-state index contributed by atoms with van der Waals surface area (Å²) < 4.78 is 27.7. The number of benzene rings is 4. The van der Waals surface area contributed by atoms with E-state index in [0.29, 0.717) is 32.1 Å². The summed E-state index contributed by atoms with van der Waals surface area (Å²) in [5.74, 6) is 1.35. The smallest absolute Gasteiger partial charge is 0.489 e. The SMILES string of the molecule is C.CCOC(=O)Cc1cccc(COc2ccc(I)cc2)c1.COc1ncccc1-c1ccc(OCc2cccc(CC(=O)O)c2)cc1.COc1ncccc1B(O)O. The maximum Gasteiger partial charge on any atom is 0.493 e. The Labute approximate surface area is 359 Å². The molecular formula is C45H48BIN2O10. The minimum Gasteiger partial charge on any atom is -0.489 e. The molecule has 0 atom stereocenters. The lowest BCUT2D eigenvalue weighted by atomic mass is 9.81. The van der Waals surface area contributed by atoms with Crippen molar-refractivity contribution >= 4 is 47.1 Å². The summed E-state index contributed by atoms with van der Waals surface area (Å²) in [6.45, 7) is 3.08. The standard InChI is InChI=1S/C21H19NO4.C17H17IO3.C6H8BNO3.CH4/c1-25-21-19(6-3-11-22-21)17-7-9-18(10-8-17)26-14-16-5-2-4-15(12-16)13-20(23)24;1-2-20-17(19)11-13-4-3-5-14(10-13)12-21-16-8-6-15(18)7-9-16;1-11-6-5(7(9)10)3-2-4-8-6;/h2-12H,13-14H2,1H3,(H,23,24);3-10H,2,11-12H2,1H3;2-4,9-10H,1H3;1H4. The number of carbonyl (C=O) groups is 2. The normalized spacial score (nSPS) is 9.93. The van der Waals surface area contributed by atoms with Crippen LogP contribution in [-0.4, -0.2) is 65.0 Å². The van der Waals surface area contributed by atoms with E-state index < -0.39 is 13.1 Å². The second-order valence-corrected chi connectivity index (χ2v) is 13.5. The Hall–Kier alpha value is -5.97. The summed E-state index contributed by atoms with van der Waals surface area (Å²) >= 11 is 2.26. The fourth-order valence-electron chi connectivity index (χ4n) is 5.35. The van der Waals surface area contributed by atoms with Crippen molar-refractivity contribution in [1.29, 1.82) is 0 Å². The van der Waals surface area contributed by atoms with Gasteiger partial charge in [-0.15, -0.1) is 0 Å². The van der Waals surface area contributed by atoms with Crippen molar-refractivity contribution in [2.24, 2.45) is 0 Å². The number of esters is 1. The lowest BCUT2D eigenvalue weighted by Crippen LogP contribution is -2.31. The zero-order valence-electron chi connectivity index (χ0n) is 32.3. The number of nitrogens with zero attached hydrogens (tertiary/aromatic N) is 2. The molecule has 0 bridgehead atoms. The molecule has 3 N–H and O–H groups in total. The minimum absolute atomic E-state index is 0. The van der Waals surface area contributed by atoms with Gasteiger partial charge in [-0.05, 0) is 112 Å². The first-order valence-electron chi connectivity index (χ1n) is 18.1. The van der Waals surface area contributed by atoms with Gasteiger partial charge in [0.05, 0.1) is 33.7 Å². The Morgan fingerprint density at radius 2 is 1.17 bits per heavy atom. The van der Waals surface area contributed by atoms with Crippen molar-refractivity contribution < 1.29 is 48.4 Å². The third kappa shape index (κ3) is 16.4. The number of hydrogen-bond donors (Lipinski definition) is 3. The number of pyridine rings is 2. The van der Waals surface area contributed by atoms with Crippen LogP contribution < -0.4 is 24.4 Å². The van der Waals surface area contributed by atoms with Crippen LogP contribution in [0.15, 0.2) is 134 Å². The monoisotopic (exact) mass is 914 g/mol. The number of hydrogen-bond acceptors (Lipinski definition) is 11. The molecule has 6 aromatic rings. The van der Waals surface area contributed by atoms with Gasteiger partial charge in [-0.25, -0.2) is 9.97 Å². The van der Waals surface area contributed by atoms with Gasteiger partial charge in [0, 0.05) is 27.0 Å². The summed E-state index contributed by atoms with van der Waals surface area (Å²) in [4.78, 5) is 30.3. The highest BCUT2D eigenvalue weighted by Gasteiger charge is 2.16. The zero-order valence-corrected chi connectivity index (χ0v) is 34.4. The van der Waals surface area contributed by atoms with Crippen molar-refractivity contribution in [2.75, 3.05) is 20.8 Å². The Morgan fingerprint density at radius 3 is 1.68 bits per heavy atom. The van der Waals surface area contributed by atoms with Gasteiger partial charge in [-0.3, -0.25) is 9.59 Å². The van der Waals surface area contributed by atoms with Crippen molar-refractivity contribution in [1.82, 2.24) is 9.97 Å². The van der Waals surface area contributed by atoms with E-state index in [1.165, 1.54) is 22.9 Å². The highest BCUT2D eigenvalue weighted by atomic mass is 127. The van der Waals surface area contributed by atoms with Crippen molar-refractivity contribution in [3.8, 4) is 34.4 Å². The number of carboxylic acids is 1. The van der Waals surface area contributed by atoms with E-state index in [9.17, 15) is 9.59 Å². The highest BCUT2D eigenvalue weighted by Crippen LogP contribution is 2.29. The molecular weight excluding hydrogens is 866 g/mol. The van der Waals surface area contributed by atoms with Gasteiger partial charge in [0.25, 0.3) is 0 Å². The molecule has 2 heterocycles. The van der Waals surface area contributed by atoms with Crippen LogP contribution in [0.4, 0.5) is 0 Å². The van der Waals surface area contributed by atoms with Crippen LogP contribution >= 0.6 is 22.6 Å². The lowest BCUT2D eigenvalue weighted by Gasteiger charge is -2.10. The van der Waals surface area contributed by atoms with E-state index in [2.05, 4.69) is 32.6 Å². The maximum absolute atomic E-state index is 11.5. The van der Waals surface area contributed by atoms with Crippen LogP contribution in [0.5, 0.6) is 23.3 Å². The first kappa shape index (κ1) is 47.4. The quantitative estimate of drug-likeness (QED) is 0.0534. The molecule has 0 fully saturated rings. The summed E-state index contributed by atoms with van der Waals surface area (Å²) in [7, 11) is 1.49. The topological polar surface area (TPSA) is 167 Å². The van der Waals surface area contributed by atoms with Crippen molar-refractivity contribution in [3.63, 3.8) is 0 Å². The number of ether oxygens (including phenoxy) is 5. The van der Waals surface area contributed by atoms with Crippen LogP contribution in [0, 0.1) is 3.57 Å². The average Bonchev–Trinajstić information content (AvgIpc) is 3.23. The zero-order chi connectivity index (χ0) is 41.7. The fourth-order valence-corrected chi connectivity index (χ4v) is 5.71. The van der Waals surface area contributed by atoms with Gasteiger partial charge < -0.3 is 38.8 Å². The van der Waals surface area contributed by atoms with Crippen LogP contribution in [0.2, 0.25) is 0 Å². The van der Waals surface area contributed by atoms with E-state index >= 15 is 0 Å². The minimum atomic E-state index is -1.53. The van der Waals surface area contributed by atoms with Crippen molar-refractivity contribution in [3.05, 3.63) is 160 Å². The molecule has 0 unspecified atom stereocenters. The molecule has 0 aliphatic heterocycles. The Bertz CT molecular complexity index is 2190. The molecule has 0 radical (unpaired) electrons. The summed E-state index contributed by atoms with van der Waals surface area (Å²) in [6, 6.07) is 37.8. The molecule has 2 aromatic heterocycles. The number of rotatable bonds is 15. The molecule has 308 valence electrons. The number of halogens is 1. The second-order valence-electron chi connectivity index (χ2n) is 12.3. The molecule has 6 rings (SSSR count). The van der Waals surface area contributed by atoms with E-state index in [-0.39, 0.29) is 31.2 Å². The van der Waals surface area contributed by atoms with Crippen LogP contribution in [-0.2, 0) is 40.4 Å². The molecule has 59 heavy (non-hydrogen) atoms. The average molecular weight is 915 g/mol. The number of aromatic nitrogens is 2. The fraction of sp³-hybridized carbons (Fsp3) is 0.200. The summed E-state index contributed by atoms with van der Waals surface area (Å²) in [5, 5.41) is 26.4. The lowest BCUT2D eigenvalue weighted by molar-refractivity contribution is -0.142. The largest absolute Gasteiger partial charge is 0.493 e. The van der Waals surface area contributed by atoms with Crippen molar-refractivity contribution in [2.45, 2.75) is 40.4 Å². The second kappa shape index (κ2) is 25.4. The maximum atomic E-state index is 11.5. The van der Waals surface area contributed by atoms with Gasteiger partial charge in [0.15, 0.2) is 0 Å². The van der Waals surface area contributed by atoms with Gasteiger partial charge in [-0.1, -0.05) is 74.2 Å².